The minimum absolute atomic E-state index is 0.639. The van der Waals surface area contributed by atoms with Gasteiger partial charge in [0.1, 0.15) is 5.75 Å². The molecule has 3 aromatic carbocycles. The van der Waals surface area contributed by atoms with Gasteiger partial charge in [0.2, 0.25) is 0 Å². The van der Waals surface area contributed by atoms with Crippen molar-refractivity contribution < 1.29 is 4.74 Å². The third-order valence-corrected chi connectivity index (χ3v) is 5.14. The molecule has 1 heteroatoms. The number of allylic oxidation sites excluding steroid dienone is 1. The molecule has 0 spiro atoms. The number of hydrogen-bond acceptors (Lipinski definition) is 1. The molecule has 1 aliphatic carbocycles. The fourth-order valence-electron chi connectivity index (χ4n) is 3.88. The normalized spacial score (nSPS) is 13.8. The monoisotopic (exact) mass is 353 g/mol. The number of ether oxygens (including phenoxy) is 1. The Hall–Kier alpha value is -2.80. The van der Waals surface area contributed by atoms with Crippen LogP contribution in [0.2, 0.25) is 0 Å². The molecule has 1 aliphatic rings. The summed E-state index contributed by atoms with van der Waals surface area (Å²) in [5.41, 5.74) is 8.20. The van der Waals surface area contributed by atoms with Crippen LogP contribution in [0.25, 0.3) is 11.1 Å². The van der Waals surface area contributed by atoms with Gasteiger partial charge in [0.25, 0.3) is 0 Å². The topological polar surface area (TPSA) is 9.23 Å². The van der Waals surface area contributed by atoms with Gasteiger partial charge >= 0.3 is 0 Å². The van der Waals surface area contributed by atoms with Crippen molar-refractivity contribution in [2.45, 2.75) is 26.2 Å². The molecule has 0 bridgehead atoms. The summed E-state index contributed by atoms with van der Waals surface area (Å²) in [6.45, 7) is 2.65. The molecule has 4 rings (SSSR count). The predicted molar refractivity (Wildman–Crippen MR) is 114 cm³/mol. The van der Waals surface area contributed by atoms with Crippen LogP contribution in [0.5, 0.6) is 5.75 Å². The van der Waals surface area contributed by atoms with Gasteiger partial charge in [0.05, 0.1) is 6.61 Å². The first kappa shape index (κ1) is 17.6. The summed E-state index contributed by atoms with van der Waals surface area (Å²) in [7, 11) is 0. The molecule has 0 saturated carbocycles. The Morgan fingerprint density at radius 1 is 0.778 bits per heavy atom. The zero-order valence-corrected chi connectivity index (χ0v) is 15.8. The Balaban J connectivity index is 1.86. The summed E-state index contributed by atoms with van der Waals surface area (Å²) < 4.78 is 5.73. The van der Waals surface area contributed by atoms with Crippen molar-refractivity contribution in [3.8, 4) is 5.75 Å². The van der Waals surface area contributed by atoms with Crippen LogP contribution in [0.15, 0.2) is 78.9 Å². The molecular weight excluding hydrogens is 328 g/mol. The second kappa shape index (κ2) is 8.26. The second-order valence-electron chi connectivity index (χ2n) is 6.97. The van der Waals surface area contributed by atoms with Crippen LogP contribution < -0.4 is 4.74 Å². The molecule has 0 heterocycles. The predicted octanol–water partition coefficient (Wildman–Crippen LogP) is 6.58. The van der Waals surface area contributed by atoms with E-state index in [0.29, 0.717) is 6.61 Å². The molecule has 0 amide bonds. The molecule has 27 heavy (non-hydrogen) atoms. The van der Waals surface area contributed by atoms with E-state index >= 15 is 0 Å². The first-order valence-corrected chi connectivity index (χ1v) is 9.74. The van der Waals surface area contributed by atoms with Gasteiger partial charge in [0.15, 0.2) is 0 Å². The lowest BCUT2D eigenvalue weighted by Gasteiger charge is -2.17. The Labute approximate surface area is 162 Å². The van der Waals surface area contributed by atoms with E-state index in [-0.39, 0.29) is 0 Å². The number of fused-ring (bicyclic) bond motifs is 1. The summed E-state index contributed by atoms with van der Waals surface area (Å²) in [6.07, 6.45) is 5.42. The van der Waals surface area contributed by atoms with Crippen molar-refractivity contribution in [1.29, 1.82) is 0 Å². The van der Waals surface area contributed by atoms with Crippen molar-refractivity contribution in [3.05, 3.63) is 108 Å². The summed E-state index contributed by atoms with van der Waals surface area (Å²) in [4.78, 5) is 0. The lowest BCUT2D eigenvalue weighted by molar-refractivity contribution is 0.349. The van der Waals surface area contributed by atoms with Crippen molar-refractivity contribution in [2.75, 3.05) is 6.61 Å². The molecule has 1 nitrogen and oxygen atoms in total. The average Bonchev–Trinajstić information content (AvgIpc) is 2.93. The minimum Gasteiger partial charge on any atom is -0.493 e. The fraction of sp³-hybridized carbons (Fsp3) is 0.192. The van der Waals surface area contributed by atoms with E-state index < -0.39 is 0 Å². The van der Waals surface area contributed by atoms with Gasteiger partial charge in [-0.05, 0) is 71.2 Å². The molecule has 0 aromatic heterocycles. The Morgan fingerprint density at radius 3 is 2.30 bits per heavy atom. The molecule has 135 valence electrons. The van der Waals surface area contributed by atoms with Crippen LogP contribution in [-0.2, 0) is 6.42 Å². The molecule has 3 aromatic rings. The van der Waals surface area contributed by atoms with Gasteiger partial charge in [-0.2, -0.15) is 0 Å². The third-order valence-electron chi connectivity index (χ3n) is 5.14. The van der Waals surface area contributed by atoms with Crippen molar-refractivity contribution in [1.82, 2.24) is 0 Å². The quantitative estimate of drug-likeness (QED) is 0.503. The Bertz CT molecular complexity index is 920. The summed E-state index contributed by atoms with van der Waals surface area (Å²) in [6, 6.07) is 28.3. The molecule has 0 fully saturated rings. The standard InChI is InChI=1S/C26H25O/c1-2-19-27-23-17-15-22(16-18-23)26-24-13-7-6-11-21(24)12-8-14-25(26)20-9-4-3-5-10-20/h2-7,9-11,13,15-18H,8,12,14,19H2,1H3. The van der Waals surface area contributed by atoms with E-state index in [2.05, 4.69) is 78.9 Å². The molecule has 0 unspecified atom stereocenters. The number of aryl methyl sites for hydroxylation is 1. The summed E-state index contributed by atoms with van der Waals surface area (Å²) in [5, 5.41) is 0. The zero-order chi connectivity index (χ0) is 18.5. The lowest BCUT2D eigenvalue weighted by Crippen LogP contribution is -1.98. The van der Waals surface area contributed by atoms with Crippen LogP contribution in [0.3, 0.4) is 0 Å². The van der Waals surface area contributed by atoms with E-state index in [0.717, 1.165) is 18.6 Å². The molecule has 0 N–H and O–H groups in total. The van der Waals surface area contributed by atoms with Crippen LogP contribution in [0.1, 0.15) is 42.0 Å². The molecule has 0 saturated heterocycles. The number of benzene rings is 3. The largest absolute Gasteiger partial charge is 0.493 e. The highest BCUT2D eigenvalue weighted by Crippen LogP contribution is 2.39. The molecule has 0 aliphatic heterocycles. The van der Waals surface area contributed by atoms with Crippen molar-refractivity contribution in [3.63, 3.8) is 0 Å². The van der Waals surface area contributed by atoms with Crippen LogP contribution in [0, 0.1) is 6.42 Å². The van der Waals surface area contributed by atoms with Crippen LogP contribution in [-0.4, -0.2) is 6.61 Å². The van der Waals surface area contributed by atoms with Crippen molar-refractivity contribution in [2.24, 2.45) is 0 Å². The average molecular weight is 353 g/mol. The van der Waals surface area contributed by atoms with Crippen molar-refractivity contribution >= 4 is 11.1 Å². The van der Waals surface area contributed by atoms with Crippen LogP contribution >= 0.6 is 0 Å². The molecule has 0 atom stereocenters. The summed E-state index contributed by atoms with van der Waals surface area (Å²) >= 11 is 0. The van der Waals surface area contributed by atoms with E-state index in [1.807, 2.05) is 13.3 Å². The lowest BCUT2D eigenvalue weighted by atomic mass is 9.88. The SMILES string of the molecule is C[CH]COc1ccc(C2=C(c3ccccc3)CCCc3ccccc32)cc1. The Morgan fingerprint density at radius 2 is 1.52 bits per heavy atom. The van der Waals surface area contributed by atoms with Gasteiger partial charge in [0, 0.05) is 0 Å². The van der Waals surface area contributed by atoms with E-state index in [4.69, 9.17) is 4.74 Å². The summed E-state index contributed by atoms with van der Waals surface area (Å²) in [5.74, 6) is 0.917. The number of hydrogen-bond donors (Lipinski definition) is 0. The first-order valence-electron chi connectivity index (χ1n) is 9.74. The molecule has 1 radical (unpaired) electrons. The maximum Gasteiger partial charge on any atom is 0.119 e. The third kappa shape index (κ3) is 3.83. The highest BCUT2D eigenvalue weighted by atomic mass is 16.5. The van der Waals surface area contributed by atoms with E-state index in [9.17, 15) is 0 Å². The maximum absolute atomic E-state index is 5.73. The van der Waals surface area contributed by atoms with E-state index in [1.54, 1.807) is 0 Å². The fourth-order valence-corrected chi connectivity index (χ4v) is 3.88. The zero-order valence-electron chi connectivity index (χ0n) is 15.8. The second-order valence-corrected chi connectivity index (χ2v) is 6.97. The van der Waals surface area contributed by atoms with Gasteiger partial charge in [-0.15, -0.1) is 0 Å². The first-order chi connectivity index (χ1) is 13.4. The number of rotatable bonds is 5. The van der Waals surface area contributed by atoms with Crippen LogP contribution in [0.4, 0.5) is 0 Å². The Kier molecular flexibility index (Phi) is 5.39. The van der Waals surface area contributed by atoms with Gasteiger partial charge < -0.3 is 4.74 Å². The minimum atomic E-state index is 0.639. The molecular formula is C26H25O. The van der Waals surface area contributed by atoms with Gasteiger partial charge in [-0.25, -0.2) is 0 Å². The maximum atomic E-state index is 5.73. The smallest absolute Gasteiger partial charge is 0.119 e. The van der Waals surface area contributed by atoms with E-state index in [1.165, 1.54) is 39.8 Å². The highest BCUT2D eigenvalue weighted by Gasteiger charge is 2.19. The highest BCUT2D eigenvalue weighted by molar-refractivity contribution is 5.99. The van der Waals surface area contributed by atoms with Gasteiger partial charge in [-0.1, -0.05) is 73.7 Å². The van der Waals surface area contributed by atoms with Gasteiger partial charge in [-0.3, -0.25) is 0 Å².